The van der Waals surface area contributed by atoms with Crippen LogP contribution in [0.25, 0.3) is 10.6 Å². The largest absolute Gasteiger partial charge is 0.455 e. The van der Waals surface area contributed by atoms with Crippen LogP contribution in [-0.2, 0) is 21.4 Å². The number of benzene rings is 1. The number of carbonyl (C=O) groups excluding carboxylic acids is 1. The smallest absolute Gasteiger partial charge is 0.340 e. The quantitative estimate of drug-likeness (QED) is 0.454. The topological polar surface area (TPSA) is 79.8 Å². The number of thiazole rings is 1. The Morgan fingerprint density at radius 2 is 1.94 bits per heavy atom. The Balaban J connectivity index is 1.58. The average Bonchev–Trinajstić information content (AvgIpc) is 3.49. The molecule has 1 aromatic carbocycles. The first-order valence-electron chi connectivity index (χ1n) is 10.3. The van der Waals surface area contributed by atoms with Crippen LogP contribution >= 0.6 is 22.7 Å². The van der Waals surface area contributed by atoms with Crippen molar-refractivity contribution < 1.29 is 17.9 Å². The summed E-state index contributed by atoms with van der Waals surface area (Å²) in [4.78, 5) is 19.8. The van der Waals surface area contributed by atoms with Gasteiger partial charge in [0.15, 0.2) is 0 Å². The van der Waals surface area contributed by atoms with Gasteiger partial charge in [-0.25, -0.2) is 22.5 Å². The van der Waals surface area contributed by atoms with Crippen molar-refractivity contribution in [3.63, 3.8) is 0 Å². The van der Waals surface area contributed by atoms with Gasteiger partial charge in [-0.3, -0.25) is 0 Å². The predicted molar refractivity (Wildman–Crippen MR) is 128 cm³/mol. The van der Waals surface area contributed by atoms with E-state index in [0.717, 1.165) is 47.2 Å². The summed E-state index contributed by atoms with van der Waals surface area (Å²) in [6.45, 7) is 1.69. The Morgan fingerprint density at radius 3 is 2.62 bits per heavy atom. The fourth-order valence-corrected chi connectivity index (χ4v) is 6.01. The highest BCUT2D eigenvalue weighted by molar-refractivity contribution is 7.89. The second-order valence-corrected chi connectivity index (χ2v) is 11.5. The molecule has 0 atom stereocenters. The van der Waals surface area contributed by atoms with E-state index in [2.05, 4.69) is 9.88 Å². The molecule has 1 saturated heterocycles. The van der Waals surface area contributed by atoms with E-state index in [9.17, 15) is 13.2 Å². The van der Waals surface area contributed by atoms with Crippen molar-refractivity contribution in [3.05, 3.63) is 51.7 Å². The summed E-state index contributed by atoms with van der Waals surface area (Å²) in [6.07, 6.45) is 3.23. The van der Waals surface area contributed by atoms with Crippen molar-refractivity contribution in [1.29, 1.82) is 0 Å². The third-order valence-electron chi connectivity index (χ3n) is 5.33. The summed E-state index contributed by atoms with van der Waals surface area (Å²) in [5.74, 6) is -0.550. The lowest BCUT2D eigenvalue weighted by atomic mass is 10.1. The van der Waals surface area contributed by atoms with Gasteiger partial charge in [-0.2, -0.15) is 11.3 Å². The van der Waals surface area contributed by atoms with Gasteiger partial charge in [0.1, 0.15) is 11.6 Å². The Labute approximate surface area is 196 Å². The first-order valence-corrected chi connectivity index (χ1v) is 13.6. The molecule has 0 saturated carbocycles. The van der Waals surface area contributed by atoms with E-state index in [1.807, 2.05) is 22.2 Å². The predicted octanol–water partition coefficient (Wildman–Crippen LogP) is 4.47. The zero-order valence-electron chi connectivity index (χ0n) is 18.0. The van der Waals surface area contributed by atoms with Crippen molar-refractivity contribution >= 4 is 44.4 Å². The van der Waals surface area contributed by atoms with Crippen LogP contribution in [0, 0.1) is 0 Å². The van der Waals surface area contributed by atoms with Gasteiger partial charge in [0.05, 0.1) is 21.8 Å². The third kappa shape index (κ3) is 4.88. The Kier molecular flexibility index (Phi) is 6.94. The van der Waals surface area contributed by atoms with Crippen LogP contribution in [0.1, 0.15) is 35.3 Å². The lowest BCUT2D eigenvalue weighted by Gasteiger charge is -2.30. The number of rotatable bonds is 7. The van der Waals surface area contributed by atoms with Gasteiger partial charge in [-0.1, -0.05) is 0 Å². The zero-order valence-corrected chi connectivity index (χ0v) is 20.4. The lowest BCUT2D eigenvalue weighted by Crippen LogP contribution is -2.31. The monoisotopic (exact) mass is 491 g/mol. The van der Waals surface area contributed by atoms with E-state index < -0.39 is 16.0 Å². The molecule has 1 fully saturated rings. The van der Waals surface area contributed by atoms with Crippen molar-refractivity contribution in [2.45, 2.75) is 30.8 Å². The number of nitrogens with zero attached hydrogens (tertiary/aromatic N) is 3. The maximum absolute atomic E-state index is 13.1. The van der Waals surface area contributed by atoms with Crippen LogP contribution in [0.15, 0.2) is 45.3 Å². The summed E-state index contributed by atoms with van der Waals surface area (Å²) < 4.78 is 32.0. The number of carbonyl (C=O) groups is 1. The number of sulfonamides is 1. The normalized spacial score (nSPS) is 14.7. The van der Waals surface area contributed by atoms with Gasteiger partial charge in [-0.15, -0.1) is 11.3 Å². The van der Waals surface area contributed by atoms with Gasteiger partial charge in [0.2, 0.25) is 10.0 Å². The molecule has 10 heteroatoms. The number of ether oxygens (including phenoxy) is 1. The molecule has 0 amide bonds. The number of thiophene rings is 1. The Hall–Kier alpha value is -2.27. The van der Waals surface area contributed by atoms with Gasteiger partial charge in [0, 0.05) is 43.5 Å². The van der Waals surface area contributed by atoms with E-state index >= 15 is 0 Å². The average molecular weight is 492 g/mol. The van der Waals surface area contributed by atoms with Crippen LogP contribution in [0.4, 0.5) is 5.69 Å². The Morgan fingerprint density at radius 1 is 1.16 bits per heavy atom. The number of anilines is 1. The van der Waals surface area contributed by atoms with Gasteiger partial charge in [-0.05, 0) is 48.9 Å². The summed E-state index contributed by atoms with van der Waals surface area (Å²) in [6, 6.07) is 6.71. The highest BCUT2D eigenvalue weighted by atomic mass is 32.2. The molecule has 0 N–H and O–H groups in total. The minimum absolute atomic E-state index is 0.0313. The zero-order chi connectivity index (χ0) is 22.7. The van der Waals surface area contributed by atoms with E-state index in [4.69, 9.17) is 4.74 Å². The molecule has 3 heterocycles. The first-order chi connectivity index (χ1) is 15.4. The number of hydrogen-bond donors (Lipinski definition) is 0. The standard InChI is InChI=1S/C22H25N3O4S3/c1-24(2)32(27,28)18-6-7-20(25-9-4-3-5-10-25)19(12-18)22(26)29-13-17-15-31-21(23-17)16-8-11-30-14-16/h6-8,11-12,14-15H,3-5,9-10,13H2,1-2H3. The number of hydrogen-bond acceptors (Lipinski definition) is 8. The molecule has 0 unspecified atom stereocenters. The maximum Gasteiger partial charge on any atom is 0.340 e. The third-order valence-corrected chi connectivity index (χ3v) is 8.77. The van der Waals surface area contributed by atoms with Gasteiger partial charge in [0.25, 0.3) is 0 Å². The summed E-state index contributed by atoms with van der Waals surface area (Å²) in [5.41, 5.74) is 2.69. The van der Waals surface area contributed by atoms with E-state index in [1.165, 1.54) is 31.5 Å². The molecule has 0 spiro atoms. The van der Waals surface area contributed by atoms with E-state index in [1.54, 1.807) is 23.5 Å². The maximum atomic E-state index is 13.1. The summed E-state index contributed by atoms with van der Waals surface area (Å²) in [5, 5.41) is 6.77. The SMILES string of the molecule is CN(C)S(=O)(=O)c1ccc(N2CCCCC2)c(C(=O)OCc2csc(-c3ccsc3)n2)c1. The Bertz CT molecular complexity index is 1180. The van der Waals surface area contributed by atoms with Crippen molar-refractivity contribution in [1.82, 2.24) is 9.29 Å². The van der Waals surface area contributed by atoms with Crippen LogP contribution < -0.4 is 4.90 Å². The highest BCUT2D eigenvalue weighted by Crippen LogP contribution is 2.29. The molecule has 3 aromatic rings. The number of aromatic nitrogens is 1. The second-order valence-electron chi connectivity index (χ2n) is 7.75. The fraction of sp³-hybridized carbons (Fsp3) is 0.364. The molecule has 0 bridgehead atoms. The van der Waals surface area contributed by atoms with Crippen LogP contribution in [0.2, 0.25) is 0 Å². The van der Waals surface area contributed by atoms with Crippen molar-refractivity contribution in [3.8, 4) is 10.6 Å². The second kappa shape index (κ2) is 9.70. The molecule has 4 rings (SSSR count). The molecule has 1 aliphatic heterocycles. The van der Waals surface area contributed by atoms with Gasteiger partial charge >= 0.3 is 5.97 Å². The van der Waals surface area contributed by atoms with E-state index in [-0.39, 0.29) is 17.1 Å². The fourth-order valence-electron chi connectivity index (χ4n) is 3.57. The molecule has 32 heavy (non-hydrogen) atoms. The molecule has 7 nitrogen and oxygen atoms in total. The molecular weight excluding hydrogens is 466 g/mol. The lowest BCUT2D eigenvalue weighted by molar-refractivity contribution is 0.0469. The minimum Gasteiger partial charge on any atom is -0.455 e. The van der Waals surface area contributed by atoms with Gasteiger partial charge < -0.3 is 9.64 Å². The summed E-state index contributed by atoms with van der Waals surface area (Å²) >= 11 is 3.10. The van der Waals surface area contributed by atoms with E-state index in [0.29, 0.717) is 11.4 Å². The minimum atomic E-state index is -3.67. The first kappa shape index (κ1) is 22.9. The number of esters is 1. The van der Waals surface area contributed by atoms with Crippen molar-refractivity contribution in [2.24, 2.45) is 0 Å². The highest BCUT2D eigenvalue weighted by Gasteiger charge is 2.25. The summed E-state index contributed by atoms with van der Waals surface area (Å²) in [7, 11) is -0.729. The molecule has 1 aliphatic rings. The van der Waals surface area contributed by atoms with Crippen LogP contribution in [-0.4, -0.2) is 50.9 Å². The number of piperidine rings is 1. The molecule has 170 valence electrons. The molecule has 2 aromatic heterocycles. The molecular formula is C22H25N3O4S3. The van der Waals surface area contributed by atoms with Crippen LogP contribution in [0.3, 0.4) is 0 Å². The van der Waals surface area contributed by atoms with Crippen molar-refractivity contribution in [2.75, 3.05) is 32.1 Å². The van der Waals surface area contributed by atoms with Crippen LogP contribution in [0.5, 0.6) is 0 Å². The molecule has 0 aliphatic carbocycles. The molecule has 0 radical (unpaired) electrons.